The number of halogens is 1. The van der Waals surface area contributed by atoms with Gasteiger partial charge in [-0.05, 0) is 64.4 Å². The number of ether oxygens (including phenoxy) is 5. The second kappa shape index (κ2) is 12.5. The van der Waals surface area contributed by atoms with Gasteiger partial charge in [-0.2, -0.15) is 10.4 Å². The Morgan fingerprint density at radius 3 is 2.45 bits per heavy atom. The minimum absolute atomic E-state index is 0.0110. The van der Waals surface area contributed by atoms with Crippen molar-refractivity contribution in [3.8, 4) is 6.07 Å². The van der Waals surface area contributed by atoms with Gasteiger partial charge in [0.05, 0.1) is 11.6 Å². The standard InChI is InChI=1S/C32H37FN6O8/c1-17(2)27(41)43-28-23-24(45-31(6,7)44-23)32(15-34,46-28)22-13-12-21-25(35-16-36-39(21)22)38-26(40)20(37-29(42)47-30(3,4)5)14-18-8-10-19(33)11-9-18/h8-13,16-17,20,23-24,28H,14H2,1-7H3,(H,37,42)(H,35,36,38,40)/t20-,23+,24+,28-,32?/m0/s1. The number of carbonyl (C=O) groups is 3. The average molecular weight is 653 g/mol. The van der Waals surface area contributed by atoms with Crippen LogP contribution in [0.2, 0.25) is 0 Å². The van der Waals surface area contributed by atoms with Gasteiger partial charge < -0.3 is 34.3 Å². The number of carbonyl (C=O) groups excluding carboxylic acids is 3. The van der Waals surface area contributed by atoms with Gasteiger partial charge in [-0.1, -0.05) is 26.0 Å². The first-order valence-electron chi connectivity index (χ1n) is 15.0. The van der Waals surface area contributed by atoms with E-state index in [4.69, 9.17) is 23.7 Å². The fraction of sp³-hybridized carbons (Fsp3) is 0.500. The van der Waals surface area contributed by atoms with Gasteiger partial charge in [-0.25, -0.2) is 18.7 Å². The molecule has 2 saturated heterocycles. The van der Waals surface area contributed by atoms with Crippen LogP contribution in [-0.2, 0) is 45.3 Å². The van der Waals surface area contributed by atoms with Gasteiger partial charge in [-0.15, -0.1) is 0 Å². The molecule has 47 heavy (non-hydrogen) atoms. The van der Waals surface area contributed by atoms with Crippen molar-refractivity contribution in [2.45, 2.75) is 96.4 Å². The van der Waals surface area contributed by atoms with Gasteiger partial charge in [0.25, 0.3) is 0 Å². The normalized spacial score (nSPS) is 24.0. The lowest BCUT2D eigenvalue weighted by molar-refractivity contribution is -0.246. The number of benzene rings is 1. The minimum Gasteiger partial charge on any atom is -0.444 e. The Bertz CT molecular complexity index is 1710. The predicted molar refractivity (Wildman–Crippen MR) is 162 cm³/mol. The van der Waals surface area contributed by atoms with Crippen LogP contribution in [0.25, 0.3) is 5.52 Å². The molecule has 0 aliphatic carbocycles. The summed E-state index contributed by atoms with van der Waals surface area (Å²) in [6, 6.07) is 9.70. The molecule has 0 saturated carbocycles. The molecule has 0 bridgehead atoms. The Labute approximate surface area is 270 Å². The van der Waals surface area contributed by atoms with E-state index >= 15 is 0 Å². The van der Waals surface area contributed by atoms with E-state index in [9.17, 15) is 24.0 Å². The van der Waals surface area contributed by atoms with Crippen LogP contribution in [0.4, 0.5) is 15.0 Å². The molecule has 0 radical (unpaired) electrons. The lowest BCUT2D eigenvalue weighted by Crippen LogP contribution is -2.47. The number of fused-ring (bicyclic) bond motifs is 2. The average Bonchev–Trinajstić information content (AvgIpc) is 3.64. The van der Waals surface area contributed by atoms with Crippen molar-refractivity contribution < 1.29 is 42.5 Å². The summed E-state index contributed by atoms with van der Waals surface area (Å²) in [4.78, 5) is 43.1. The Balaban J connectivity index is 1.46. The van der Waals surface area contributed by atoms with Crippen LogP contribution in [0.15, 0.2) is 42.7 Å². The summed E-state index contributed by atoms with van der Waals surface area (Å²) in [6.07, 6.45) is -2.84. The monoisotopic (exact) mass is 652 g/mol. The first-order chi connectivity index (χ1) is 22.0. The number of nitrogens with zero attached hydrogens (tertiary/aromatic N) is 4. The number of nitrogens with one attached hydrogen (secondary N) is 2. The van der Waals surface area contributed by atoms with E-state index in [1.165, 1.54) is 35.1 Å². The van der Waals surface area contributed by atoms with E-state index in [-0.39, 0.29) is 23.4 Å². The Kier molecular flexibility index (Phi) is 8.97. The number of hydrogen-bond donors (Lipinski definition) is 2. The molecule has 2 aliphatic rings. The maximum absolute atomic E-state index is 13.6. The first-order valence-corrected chi connectivity index (χ1v) is 15.0. The summed E-state index contributed by atoms with van der Waals surface area (Å²) in [6.45, 7) is 11.8. The quantitative estimate of drug-likeness (QED) is 0.339. The van der Waals surface area contributed by atoms with Gasteiger partial charge in [0, 0.05) is 6.42 Å². The third-order valence-electron chi connectivity index (χ3n) is 7.40. The lowest BCUT2D eigenvalue weighted by atomic mass is 9.93. The fourth-order valence-corrected chi connectivity index (χ4v) is 5.35. The summed E-state index contributed by atoms with van der Waals surface area (Å²) in [5.41, 5.74) is -1.59. The topological polar surface area (TPSA) is 175 Å². The Morgan fingerprint density at radius 1 is 1.11 bits per heavy atom. The molecule has 2 N–H and O–H groups in total. The predicted octanol–water partition coefficient (Wildman–Crippen LogP) is 3.74. The number of nitriles is 1. The molecular weight excluding hydrogens is 615 g/mol. The number of rotatable bonds is 8. The summed E-state index contributed by atoms with van der Waals surface area (Å²) in [5, 5.41) is 20.2. The zero-order valence-corrected chi connectivity index (χ0v) is 27.1. The van der Waals surface area contributed by atoms with Gasteiger partial charge in [-0.3, -0.25) is 9.59 Å². The van der Waals surface area contributed by atoms with Crippen molar-refractivity contribution in [3.63, 3.8) is 0 Å². The smallest absolute Gasteiger partial charge is 0.408 e. The van der Waals surface area contributed by atoms with E-state index in [2.05, 4.69) is 26.8 Å². The van der Waals surface area contributed by atoms with E-state index in [1.807, 2.05) is 0 Å². The van der Waals surface area contributed by atoms with Crippen molar-refractivity contribution in [3.05, 3.63) is 59.8 Å². The van der Waals surface area contributed by atoms with Crippen LogP contribution in [0, 0.1) is 23.1 Å². The SMILES string of the molecule is CC(C)C(=O)O[C@H]1OC(C#N)(c2ccc3c(NC(=O)[C@H](Cc4ccc(F)cc4)NC(=O)OC(C)(C)C)ncnn23)[C@@H]2OC(C)(C)O[C@@H]12. The van der Waals surface area contributed by atoms with Gasteiger partial charge >= 0.3 is 12.1 Å². The minimum atomic E-state index is -1.84. The van der Waals surface area contributed by atoms with Crippen molar-refractivity contribution >= 4 is 29.3 Å². The molecule has 5 atom stereocenters. The van der Waals surface area contributed by atoms with E-state index in [1.54, 1.807) is 60.6 Å². The highest BCUT2D eigenvalue weighted by Crippen LogP contribution is 2.49. The van der Waals surface area contributed by atoms with Crippen molar-refractivity contribution in [2.75, 3.05) is 5.32 Å². The number of aromatic nitrogens is 3. The van der Waals surface area contributed by atoms with Gasteiger partial charge in [0.1, 0.15) is 41.5 Å². The highest BCUT2D eigenvalue weighted by atomic mass is 19.1. The maximum atomic E-state index is 13.6. The van der Waals surface area contributed by atoms with Crippen molar-refractivity contribution in [1.29, 1.82) is 5.26 Å². The van der Waals surface area contributed by atoms with Crippen LogP contribution >= 0.6 is 0 Å². The Morgan fingerprint density at radius 2 is 1.81 bits per heavy atom. The zero-order valence-electron chi connectivity index (χ0n) is 27.1. The van der Waals surface area contributed by atoms with Crippen LogP contribution < -0.4 is 10.6 Å². The summed E-state index contributed by atoms with van der Waals surface area (Å²) >= 11 is 0. The molecule has 3 aromatic rings. The van der Waals surface area contributed by atoms with Gasteiger partial charge in [0.2, 0.25) is 17.8 Å². The molecule has 2 aliphatic heterocycles. The zero-order chi connectivity index (χ0) is 34.3. The molecule has 2 fully saturated rings. The molecule has 1 aromatic carbocycles. The number of amides is 2. The molecule has 2 aromatic heterocycles. The van der Waals surface area contributed by atoms with Gasteiger partial charge in [0.15, 0.2) is 17.7 Å². The van der Waals surface area contributed by atoms with E-state index < -0.39 is 71.2 Å². The van der Waals surface area contributed by atoms with Crippen molar-refractivity contribution in [2.24, 2.45) is 5.92 Å². The first kappa shape index (κ1) is 33.7. The number of anilines is 1. The number of esters is 1. The third-order valence-corrected chi connectivity index (χ3v) is 7.40. The lowest BCUT2D eigenvalue weighted by Gasteiger charge is -2.28. The third kappa shape index (κ3) is 7.04. The summed E-state index contributed by atoms with van der Waals surface area (Å²) < 4.78 is 44.1. The molecule has 250 valence electrons. The Hall–Kier alpha value is -4.65. The highest BCUT2D eigenvalue weighted by molar-refractivity contribution is 5.98. The molecule has 15 heteroatoms. The number of alkyl carbamates (subject to hydrolysis) is 1. The second-order valence-corrected chi connectivity index (χ2v) is 13.1. The van der Waals surface area contributed by atoms with Crippen LogP contribution in [-0.4, -0.2) is 68.5 Å². The molecule has 4 heterocycles. The molecule has 0 spiro atoms. The van der Waals surface area contributed by atoms with Crippen LogP contribution in [0.3, 0.4) is 0 Å². The van der Waals surface area contributed by atoms with E-state index in [0.29, 0.717) is 5.56 Å². The van der Waals surface area contributed by atoms with Crippen molar-refractivity contribution in [1.82, 2.24) is 19.9 Å². The molecule has 5 rings (SSSR count). The molecule has 14 nitrogen and oxygen atoms in total. The van der Waals surface area contributed by atoms with Crippen LogP contribution in [0.5, 0.6) is 0 Å². The largest absolute Gasteiger partial charge is 0.444 e. The molecule has 1 unspecified atom stereocenters. The second-order valence-electron chi connectivity index (χ2n) is 13.1. The highest BCUT2D eigenvalue weighted by Gasteiger charge is 2.66. The summed E-state index contributed by atoms with van der Waals surface area (Å²) in [7, 11) is 0. The molecule has 2 amide bonds. The fourth-order valence-electron chi connectivity index (χ4n) is 5.35. The molecular formula is C32H37FN6O8. The maximum Gasteiger partial charge on any atom is 0.408 e. The summed E-state index contributed by atoms with van der Waals surface area (Å²) in [5.74, 6) is -3.16. The van der Waals surface area contributed by atoms with Crippen LogP contribution in [0.1, 0.15) is 59.7 Å². The number of hydrogen-bond acceptors (Lipinski definition) is 11. The van der Waals surface area contributed by atoms with E-state index in [0.717, 1.165) is 0 Å².